The Hall–Kier alpha value is -4.14. The molecule has 0 bridgehead atoms. The van der Waals surface area contributed by atoms with Gasteiger partial charge in [-0.05, 0) is 67.3 Å². The van der Waals surface area contributed by atoms with E-state index >= 15 is 0 Å². The van der Waals surface area contributed by atoms with Crippen molar-refractivity contribution in [1.29, 1.82) is 0 Å². The molecule has 0 saturated heterocycles. The number of rotatable bonds is 5. The minimum Gasteiger partial charge on any atom is -0.309 e. The zero-order chi connectivity index (χ0) is 22.5. The maximum atomic E-state index is 13.3. The molecule has 1 amide bonds. The van der Waals surface area contributed by atoms with E-state index in [1.807, 2.05) is 41.8 Å². The summed E-state index contributed by atoms with van der Waals surface area (Å²) in [7, 11) is 0. The molecular formula is C24H20FN7O. The van der Waals surface area contributed by atoms with Crippen LogP contribution in [0.4, 0.5) is 10.2 Å². The number of hydrogen-bond acceptors (Lipinski definition) is 5. The van der Waals surface area contributed by atoms with E-state index in [2.05, 4.69) is 20.5 Å². The van der Waals surface area contributed by atoms with Gasteiger partial charge in [0.2, 0.25) is 5.91 Å². The van der Waals surface area contributed by atoms with Crippen molar-refractivity contribution in [3.05, 3.63) is 78.3 Å². The summed E-state index contributed by atoms with van der Waals surface area (Å²) in [4.78, 5) is 16.5. The van der Waals surface area contributed by atoms with Crippen LogP contribution in [0.25, 0.3) is 22.4 Å². The van der Waals surface area contributed by atoms with E-state index in [9.17, 15) is 9.18 Å². The van der Waals surface area contributed by atoms with Crippen molar-refractivity contribution in [2.45, 2.75) is 25.7 Å². The number of anilines is 1. The molecule has 4 aromatic heterocycles. The van der Waals surface area contributed by atoms with Crippen LogP contribution in [-0.2, 0) is 4.79 Å². The standard InChI is InChI=1S/C24H20FN7O/c1-14(19-9-11-21-26-20(13-32(21)30-19)27-24(33)16-2-3-16)23-29-28-22-10-6-17(12-31(22)23)15-4-7-18(25)8-5-15/h4-14,16H,2-3H2,1H3,(H,27,33). The highest BCUT2D eigenvalue weighted by molar-refractivity contribution is 5.93. The van der Waals surface area contributed by atoms with Crippen molar-refractivity contribution in [2.75, 3.05) is 5.32 Å². The zero-order valence-corrected chi connectivity index (χ0v) is 17.8. The molecule has 5 aromatic rings. The Balaban J connectivity index is 1.33. The van der Waals surface area contributed by atoms with Crippen molar-refractivity contribution in [2.24, 2.45) is 5.92 Å². The van der Waals surface area contributed by atoms with Crippen molar-refractivity contribution >= 4 is 23.0 Å². The lowest BCUT2D eigenvalue weighted by atomic mass is 10.1. The van der Waals surface area contributed by atoms with Crippen molar-refractivity contribution in [3.63, 3.8) is 0 Å². The summed E-state index contributed by atoms with van der Waals surface area (Å²) >= 11 is 0. The smallest absolute Gasteiger partial charge is 0.228 e. The second-order valence-corrected chi connectivity index (χ2v) is 8.38. The van der Waals surface area contributed by atoms with Gasteiger partial charge >= 0.3 is 0 Å². The molecule has 33 heavy (non-hydrogen) atoms. The van der Waals surface area contributed by atoms with Gasteiger partial charge in [-0.15, -0.1) is 10.2 Å². The van der Waals surface area contributed by atoms with Crippen LogP contribution in [0.2, 0.25) is 0 Å². The zero-order valence-electron chi connectivity index (χ0n) is 17.8. The molecule has 164 valence electrons. The van der Waals surface area contributed by atoms with Gasteiger partial charge in [0, 0.05) is 12.1 Å². The predicted octanol–water partition coefficient (Wildman–Crippen LogP) is 4.08. The molecule has 1 saturated carbocycles. The average molecular weight is 441 g/mol. The highest BCUT2D eigenvalue weighted by Crippen LogP contribution is 2.30. The minimum atomic E-state index is -0.269. The third-order valence-corrected chi connectivity index (χ3v) is 5.98. The second-order valence-electron chi connectivity index (χ2n) is 8.38. The normalized spacial score (nSPS) is 14.6. The number of nitrogens with one attached hydrogen (secondary N) is 1. The van der Waals surface area contributed by atoms with Crippen LogP contribution < -0.4 is 5.32 Å². The summed E-state index contributed by atoms with van der Waals surface area (Å²) in [6, 6.07) is 14.0. The minimum absolute atomic E-state index is 0.0129. The quantitative estimate of drug-likeness (QED) is 0.444. The maximum absolute atomic E-state index is 13.3. The Morgan fingerprint density at radius 3 is 2.55 bits per heavy atom. The van der Waals surface area contributed by atoms with Crippen LogP contribution in [0.5, 0.6) is 0 Å². The average Bonchev–Trinajstić information content (AvgIpc) is 3.48. The molecule has 1 aliphatic carbocycles. The Labute approximate surface area is 188 Å². The van der Waals surface area contributed by atoms with E-state index in [4.69, 9.17) is 5.10 Å². The largest absolute Gasteiger partial charge is 0.309 e. The van der Waals surface area contributed by atoms with Gasteiger partial charge in [0.05, 0.1) is 17.8 Å². The van der Waals surface area contributed by atoms with Gasteiger partial charge in [-0.1, -0.05) is 12.1 Å². The number of aromatic nitrogens is 6. The summed E-state index contributed by atoms with van der Waals surface area (Å²) in [5, 5.41) is 16.3. The molecule has 0 aliphatic heterocycles. The van der Waals surface area contributed by atoms with Crippen LogP contribution in [-0.4, -0.2) is 35.1 Å². The maximum Gasteiger partial charge on any atom is 0.228 e. The van der Waals surface area contributed by atoms with Gasteiger partial charge in [0.15, 0.2) is 17.1 Å². The van der Waals surface area contributed by atoms with Crippen LogP contribution in [0.1, 0.15) is 37.2 Å². The number of hydrogen-bond donors (Lipinski definition) is 1. The number of amides is 1. The summed E-state index contributed by atoms with van der Waals surface area (Å²) in [6.45, 7) is 2.02. The van der Waals surface area contributed by atoms with E-state index in [1.165, 1.54) is 12.1 Å². The lowest BCUT2D eigenvalue weighted by Gasteiger charge is -2.10. The Bertz CT molecular complexity index is 1500. The number of carbonyl (C=O) groups excluding carboxylic acids is 1. The van der Waals surface area contributed by atoms with Crippen LogP contribution in [0.3, 0.4) is 0 Å². The lowest BCUT2D eigenvalue weighted by molar-refractivity contribution is -0.117. The third kappa shape index (κ3) is 3.61. The summed E-state index contributed by atoms with van der Waals surface area (Å²) < 4.78 is 16.9. The topological polar surface area (TPSA) is 89.5 Å². The van der Waals surface area contributed by atoms with E-state index in [0.29, 0.717) is 11.5 Å². The molecule has 1 fully saturated rings. The van der Waals surface area contributed by atoms with Gasteiger partial charge in [0.1, 0.15) is 11.6 Å². The fourth-order valence-corrected chi connectivity index (χ4v) is 3.91. The van der Waals surface area contributed by atoms with Gasteiger partial charge in [-0.3, -0.25) is 9.20 Å². The van der Waals surface area contributed by atoms with Crippen LogP contribution >= 0.6 is 0 Å². The molecular weight excluding hydrogens is 421 g/mol. The number of imidazole rings is 1. The Kier molecular flexibility index (Phi) is 4.42. The van der Waals surface area contributed by atoms with Gasteiger partial charge in [-0.25, -0.2) is 13.9 Å². The third-order valence-electron chi connectivity index (χ3n) is 5.98. The highest BCUT2D eigenvalue weighted by Gasteiger charge is 2.30. The number of fused-ring (bicyclic) bond motifs is 2. The fourth-order valence-electron chi connectivity index (χ4n) is 3.91. The van der Waals surface area contributed by atoms with E-state index in [1.54, 1.807) is 22.8 Å². The molecule has 9 heteroatoms. The lowest BCUT2D eigenvalue weighted by Crippen LogP contribution is -2.13. The van der Waals surface area contributed by atoms with E-state index in [-0.39, 0.29) is 23.6 Å². The SMILES string of the molecule is CC(c1ccc2nc(NC(=O)C3CC3)cn2n1)c1nnc2ccc(-c3ccc(F)cc3)cn12. The molecule has 1 N–H and O–H groups in total. The van der Waals surface area contributed by atoms with Crippen LogP contribution in [0, 0.1) is 11.7 Å². The Morgan fingerprint density at radius 2 is 1.76 bits per heavy atom. The number of pyridine rings is 1. The molecule has 4 heterocycles. The van der Waals surface area contributed by atoms with E-state index < -0.39 is 0 Å². The second kappa shape index (κ2) is 7.47. The fraction of sp³-hybridized carbons (Fsp3) is 0.208. The molecule has 0 radical (unpaired) electrons. The number of benzene rings is 1. The molecule has 1 aliphatic rings. The Morgan fingerprint density at radius 1 is 1.00 bits per heavy atom. The van der Waals surface area contributed by atoms with E-state index in [0.717, 1.165) is 41.1 Å². The summed E-state index contributed by atoms with van der Waals surface area (Å²) in [6.07, 6.45) is 5.55. The first-order chi connectivity index (χ1) is 16.0. The van der Waals surface area contributed by atoms with Crippen molar-refractivity contribution < 1.29 is 9.18 Å². The first kappa shape index (κ1) is 19.5. The van der Waals surface area contributed by atoms with Gasteiger partial charge < -0.3 is 5.32 Å². The molecule has 1 unspecified atom stereocenters. The monoisotopic (exact) mass is 441 g/mol. The van der Waals surface area contributed by atoms with Gasteiger partial charge in [0.25, 0.3) is 0 Å². The van der Waals surface area contributed by atoms with Crippen LogP contribution in [0.15, 0.2) is 60.9 Å². The first-order valence-corrected chi connectivity index (χ1v) is 10.8. The summed E-state index contributed by atoms with van der Waals surface area (Å²) in [5.74, 6) is 0.942. The molecule has 8 nitrogen and oxygen atoms in total. The van der Waals surface area contributed by atoms with Crippen molar-refractivity contribution in [1.82, 2.24) is 29.2 Å². The number of nitrogens with zero attached hydrogens (tertiary/aromatic N) is 6. The molecule has 1 aromatic carbocycles. The highest BCUT2D eigenvalue weighted by atomic mass is 19.1. The predicted molar refractivity (Wildman–Crippen MR) is 120 cm³/mol. The number of halogens is 1. The molecule has 0 spiro atoms. The molecule has 6 rings (SSSR count). The number of carbonyl (C=O) groups is 1. The molecule has 1 atom stereocenters. The van der Waals surface area contributed by atoms with Crippen molar-refractivity contribution in [3.8, 4) is 11.1 Å². The summed E-state index contributed by atoms with van der Waals surface area (Å²) in [5.41, 5.74) is 4.01. The van der Waals surface area contributed by atoms with Gasteiger partial charge in [-0.2, -0.15) is 5.10 Å². The first-order valence-electron chi connectivity index (χ1n) is 10.8.